The van der Waals surface area contributed by atoms with Gasteiger partial charge in [0, 0.05) is 92.9 Å². The van der Waals surface area contributed by atoms with Crippen LogP contribution in [0.25, 0.3) is 10.9 Å². The van der Waals surface area contributed by atoms with Gasteiger partial charge in [0.25, 0.3) is 0 Å². The van der Waals surface area contributed by atoms with Gasteiger partial charge in [0.1, 0.15) is 82.7 Å². The van der Waals surface area contributed by atoms with Gasteiger partial charge in [0.15, 0.2) is 0 Å². The third-order valence-electron chi connectivity index (χ3n) is 21.7. The van der Waals surface area contributed by atoms with E-state index in [2.05, 4.69) is 47.5 Å². The number of allylic oxidation sites excluding steroid dienone is 3. The first-order valence-electron chi connectivity index (χ1n) is 39.7. The maximum Gasteiger partial charge on any atom is 0.407 e. The SMILES string of the molecule is COc1cc2cc(c1Cl)N(C)C(=O)C[C@H](OC(=O)[C@H](C)N(C)C(=O)CCSSC[C@H](NC(=O)[C@@H]1CSSC[C@H](NC(=O)[C@H](N)Cc3ccccc3)C(=O)N[C@@H](Cc3ccc(O)cc3)C(=O)N[C@H](Cc3c[nH]c4ccccc34)C(=O)N[C@@H](CCCCN)C(=O)N[C@@H]([C@@H](C)O)C(=O)N1)C(N)=O)[C@]1(C)OC1[C@H](C)[C@@H]1CC(NC(=O)O1)[C@H](OC)/C=C/C=C(\C)C2. The molecule has 0 saturated carbocycles. The Morgan fingerprint density at radius 1 is 0.835 bits per heavy atom. The summed E-state index contributed by atoms with van der Waals surface area (Å²) in [6.45, 7) is 8.33. The fourth-order valence-corrected chi connectivity index (χ4v) is 19.1. The molecule has 2 unspecified atom stereocenters. The number of nitrogens with one attached hydrogen (secondary N) is 9. The molecular weight excluding hydrogens is 1660 g/mol. The zero-order chi connectivity index (χ0) is 87.9. The highest BCUT2D eigenvalue weighted by molar-refractivity contribution is 8.77. The molecular formula is C83H109ClN14O19S4. The molecule has 5 aromatic rings. The number of primary amides is 1. The summed E-state index contributed by atoms with van der Waals surface area (Å²) in [6.07, 6.45) is 2.14. The largest absolute Gasteiger partial charge is 0.508 e. The number of unbranched alkanes of at least 4 members (excludes halogenated alkanes) is 1. The lowest BCUT2D eigenvalue weighted by atomic mass is 9.84. The third-order valence-corrected chi connectivity index (χ3v) is 26.9. The van der Waals surface area contributed by atoms with Crippen molar-refractivity contribution < 1.29 is 91.4 Å². The average molecular weight is 1770 g/mol. The number of esters is 1. The van der Waals surface area contributed by atoms with E-state index in [9.17, 15) is 58.2 Å². The zero-order valence-electron chi connectivity index (χ0n) is 68.8. The number of aliphatic hydroxyl groups is 1. The Bertz CT molecular complexity index is 4570. The van der Waals surface area contributed by atoms with E-state index in [4.69, 9.17) is 52.5 Å². The summed E-state index contributed by atoms with van der Waals surface area (Å²) in [5.41, 5.74) is 21.5. The number of amides is 11. The van der Waals surface area contributed by atoms with Crippen LogP contribution in [0.15, 0.2) is 121 Å². The molecule has 17 atom stereocenters. The Labute approximate surface area is 723 Å². The van der Waals surface area contributed by atoms with Crippen LogP contribution >= 0.6 is 54.8 Å². The zero-order valence-corrected chi connectivity index (χ0v) is 72.8. The Kier molecular flexibility index (Phi) is 35.4. The molecule has 121 heavy (non-hydrogen) atoms. The number of likely N-dealkylation sites (N-methyl/N-ethyl adjacent to an activating group) is 1. The Hall–Kier alpha value is -9.57. The number of alkyl carbamates (subject to hydrolysis) is 1. The van der Waals surface area contributed by atoms with Gasteiger partial charge in [0.05, 0.1) is 49.6 Å². The van der Waals surface area contributed by atoms with Crippen LogP contribution in [0.4, 0.5) is 10.5 Å². The van der Waals surface area contributed by atoms with Crippen LogP contribution in [0, 0.1) is 5.92 Å². The fourth-order valence-electron chi connectivity index (χ4n) is 14.3. The van der Waals surface area contributed by atoms with E-state index >= 15 is 9.59 Å². The maximum absolute atomic E-state index is 15.1. The van der Waals surface area contributed by atoms with E-state index in [1.807, 2.05) is 44.2 Å². The van der Waals surface area contributed by atoms with Gasteiger partial charge in [-0.2, -0.15) is 0 Å². The number of epoxide rings is 1. The molecule has 4 aliphatic heterocycles. The molecule has 33 nitrogen and oxygen atoms in total. The van der Waals surface area contributed by atoms with Crippen LogP contribution in [0.1, 0.15) is 95.4 Å². The highest BCUT2D eigenvalue weighted by atomic mass is 35.5. The van der Waals surface area contributed by atoms with Crippen LogP contribution in [-0.2, 0) is 97.4 Å². The van der Waals surface area contributed by atoms with E-state index in [1.165, 1.54) is 76.2 Å². The first-order chi connectivity index (χ1) is 57.7. The van der Waals surface area contributed by atoms with Crippen molar-refractivity contribution in [1.82, 2.24) is 52.4 Å². The number of H-pyrrole nitrogens is 1. The summed E-state index contributed by atoms with van der Waals surface area (Å²) in [7, 11) is 9.99. The number of hydrogen-bond acceptors (Lipinski definition) is 25. The molecule has 0 radical (unpaired) electrons. The number of para-hydroxylation sites is 1. The number of hydrogen-bond donors (Lipinski definition) is 14. The molecule has 11 amide bonds. The molecule has 5 heterocycles. The van der Waals surface area contributed by atoms with Crippen molar-refractivity contribution in [3.05, 3.63) is 148 Å². The third kappa shape index (κ3) is 26.5. The number of phenols is 1. The number of aliphatic hydroxyl groups excluding tert-OH is 1. The van der Waals surface area contributed by atoms with E-state index in [0.717, 1.165) is 54.3 Å². The molecule has 0 spiro atoms. The Morgan fingerprint density at radius 2 is 1.51 bits per heavy atom. The number of ether oxygens (including phenoxy) is 5. The number of aromatic amines is 1. The van der Waals surface area contributed by atoms with Gasteiger partial charge in [-0.1, -0.05) is 146 Å². The number of carbonyl (C=O) groups excluding carboxylic acids is 12. The monoisotopic (exact) mass is 1770 g/mol. The van der Waals surface area contributed by atoms with E-state index in [1.54, 1.807) is 67.7 Å². The van der Waals surface area contributed by atoms with Gasteiger partial charge in [-0.05, 0) is 119 Å². The summed E-state index contributed by atoms with van der Waals surface area (Å²) in [6, 6.07) is 11.8. The lowest BCUT2D eigenvalue weighted by Gasteiger charge is -2.36. The van der Waals surface area contributed by atoms with E-state index in [-0.39, 0.29) is 78.9 Å². The summed E-state index contributed by atoms with van der Waals surface area (Å²) in [4.78, 5) is 179. The Balaban J connectivity index is 0.908. The van der Waals surface area contributed by atoms with Crippen molar-refractivity contribution in [2.75, 3.05) is 62.8 Å². The van der Waals surface area contributed by atoms with Gasteiger partial charge in [-0.3, -0.25) is 47.9 Å². The van der Waals surface area contributed by atoms with E-state index < -0.39 is 180 Å². The molecule has 3 saturated heterocycles. The summed E-state index contributed by atoms with van der Waals surface area (Å²) in [5, 5.41) is 44.1. The summed E-state index contributed by atoms with van der Waals surface area (Å²) in [5.74, 6) is -10.3. The van der Waals surface area contributed by atoms with Gasteiger partial charge in [0.2, 0.25) is 59.1 Å². The second-order valence-electron chi connectivity index (χ2n) is 30.6. The number of aromatic nitrogens is 1. The maximum atomic E-state index is 15.1. The number of methoxy groups -OCH3 is 2. The number of nitrogens with zero attached hydrogens (tertiary/aromatic N) is 2. The van der Waals surface area contributed by atoms with Crippen molar-refractivity contribution in [1.29, 1.82) is 0 Å². The lowest BCUT2D eigenvalue weighted by Crippen LogP contribution is -2.62. The van der Waals surface area contributed by atoms with Gasteiger partial charge >= 0.3 is 12.1 Å². The van der Waals surface area contributed by atoms with E-state index in [0.29, 0.717) is 58.3 Å². The van der Waals surface area contributed by atoms with Crippen molar-refractivity contribution in [2.45, 2.75) is 195 Å². The predicted octanol–water partition coefficient (Wildman–Crippen LogP) is 3.99. The normalized spacial score (nSPS) is 26.0. The lowest BCUT2D eigenvalue weighted by molar-refractivity contribution is -0.162. The molecule has 0 aliphatic carbocycles. The molecule has 9 rings (SSSR count). The van der Waals surface area contributed by atoms with Crippen LogP contribution in [0.5, 0.6) is 11.5 Å². The quantitative estimate of drug-likeness (QED) is 0.0153. The van der Waals surface area contributed by atoms with Crippen molar-refractivity contribution in [2.24, 2.45) is 23.1 Å². The van der Waals surface area contributed by atoms with Crippen LogP contribution in [0.2, 0.25) is 5.02 Å². The van der Waals surface area contributed by atoms with Crippen LogP contribution < -0.4 is 69.4 Å². The standard InChI is InChI=1S/C83H109ClN14O19S4/c1-44-18-17-24-64(113-8)57-38-65(115-82(112)95-57)45(2)72-83(5,117-72)67(39-69(102)98(7)63-35-50(32-44)36-66(114-9)70(63)84)116-81(111)46(3)97(6)68(101)29-31-118-119-41-60(73(87)103)92-79(109)62-43-121-120-42-61(93-74(104)54(86)33-48-19-11-10-12-20-48)78(108)90-58(34-49-25-27-52(100)28-26-49)76(106)91-59(37-51-40-88-55-22-14-13-21-53(51)55)77(107)89-56(23-15-16-30-85)75(105)96-71(47(4)99)80(110)94-62/h10-14,17-22,24-28,35-36,40,45-47,54,56-62,64-65,67,71-72,88,99-100H,15-16,23,29-34,37-39,41-43,85-86H2,1-9H3,(H2,87,103)(H,89,107)(H,90,108)(H,91,106)(H,92,109)(H,93,104)(H,94,110)(H,95,112)(H,96,105)/b24-17+,44-18+/t45-,46+,47-,54-,56+,57?,58+,59-,60+,61+,62+,64-,65+,67+,71+,72?,83+/m1/s1. The average Bonchev–Trinajstić information content (AvgIpc) is 1.57. The highest BCUT2D eigenvalue weighted by Crippen LogP contribution is 2.49. The topological polar surface area (TPSA) is 491 Å². The number of rotatable bonds is 27. The molecule has 38 heteroatoms. The summed E-state index contributed by atoms with van der Waals surface area (Å²) < 4.78 is 30.0. The highest BCUT2D eigenvalue weighted by Gasteiger charge is 2.64. The minimum atomic E-state index is -1.81. The minimum Gasteiger partial charge on any atom is -0.508 e. The first-order valence-corrected chi connectivity index (χ1v) is 45.1. The molecule has 4 aromatic carbocycles. The number of carbonyl (C=O) groups is 12. The molecule has 4 bridgehead atoms. The molecule has 3 fully saturated rings. The minimum absolute atomic E-state index is 0.0568. The molecule has 4 aliphatic rings. The van der Waals surface area contributed by atoms with Crippen molar-refractivity contribution >= 4 is 143 Å². The van der Waals surface area contributed by atoms with Crippen LogP contribution in [-0.4, -0.2) is 246 Å². The molecule has 17 N–H and O–H groups in total. The summed E-state index contributed by atoms with van der Waals surface area (Å²) >= 11 is 6.90. The first kappa shape index (κ1) is 95.3. The fraction of sp³-hybridized carbons (Fsp3) is 0.494. The number of nitrogens with two attached hydrogens (primary N) is 3. The number of phenolic OH excluding ortho intramolecular Hbond substituents is 1. The van der Waals surface area contributed by atoms with Gasteiger partial charge in [-0.15, -0.1) is 0 Å². The van der Waals surface area contributed by atoms with Crippen molar-refractivity contribution in [3.8, 4) is 11.5 Å². The smallest absolute Gasteiger partial charge is 0.407 e. The predicted molar refractivity (Wildman–Crippen MR) is 463 cm³/mol. The number of aromatic hydroxyl groups is 1. The molecule has 656 valence electrons. The number of fused-ring (bicyclic) bond motifs is 6. The second-order valence-corrected chi connectivity index (χ2v) is 36.2. The van der Waals surface area contributed by atoms with Gasteiger partial charge < -0.3 is 108 Å². The Morgan fingerprint density at radius 3 is 2.21 bits per heavy atom. The van der Waals surface area contributed by atoms with Gasteiger partial charge in [-0.25, -0.2) is 9.59 Å². The number of anilines is 1. The second kappa shape index (κ2) is 45.0. The number of benzene rings is 4. The van der Waals surface area contributed by atoms with Crippen molar-refractivity contribution in [3.63, 3.8) is 0 Å². The van der Waals surface area contributed by atoms with Crippen LogP contribution in [0.3, 0.4) is 0 Å². The molecule has 1 aromatic heterocycles. The number of halogens is 1.